The first kappa shape index (κ1) is 10.9. The van der Waals surface area contributed by atoms with Crippen molar-refractivity contribution >= 4 is 0 Å². The maximum absolute atomic E-state index is 5.17. The lowest BCUT2D eigenvalue weighted by Gasteiger charge is -2.17. The molecule has 68 valence electrons. The fourth-order valence-electron chi connectivity index (χ4n) is 1.08. The summed E-state index contributed by atoms with van der Waals surface area (Å²) in [5.41, 5.74) is 0. The molecule has 0 aliphatic rings. The van der Waals surface area contributed by atoms with Crippen molar-refractivity contribution in [3.8, 4) is 0 Å². The predicted molar refractivity (Wildman–Crippen MR) is 48.4 cm³/mol. The second-order valence-electron chi connectivity index (χ2n) is 2.82. The summed E-state index contributed by atoms with van der Waals surface area (Å²) in [6.07, 6.45) is 5.01. The quantitative estimate of drug-likeness (QED) is 0.418. The molecule has 2 heteroatoms. The van der Waals surface area contributed by atoms with Crippen LogP contribution >= 0.6 is 0 Å². The average molecular weight is 159 g/mol. The molecule has 0 rings (SSSR count). The SMILES string of the molecule is CCCCCN(CCC)OC. The van der Waals surface area contributed by atoms with Gasteiger partial charge in [-0.15, -0.1) is 0 Å². The van der Waals surface area contributed by atoms with E-state index in [1.165, 1.54) is 25.7 Å². The van der Waals surface area contributed by atoms with Crippen LogP contribution in [0, 0.1) is 0 Å². The summed E-state index contributed by atoms with van der Waals surface area (Å²) >= 11 is 0. The molecular formula is C9H21NO. The number of hydroxylamine groups is 2. The lowest BCUT2D eigenvalue weighted by atomic mass is 10.2. The summed E-state index contributed by atoms with van der Waals surface area (Å²) < 4.78 is 0. The third kappa shape index (κ3) is 6.32. The molecule has 0 aromatic heterocycles. The van der Waals surface area contributed by atoms with Crippen molar-refractivity contribution in [3.05, 3.63) is 0 Å². The Morgan fingerprint density at radius 1 is 1.00 bits per heavy atom. The van der Waals surface area contributed by atoms with Crippen LogP contribution in [0.5, 0.6) is 0 Å². The second kappa shape index (κ2) is 8.02. The van der Waals surface area contributed by atoms with Gasteiger partial charge in [0.05, 0.1) is 7.11 Å². The molecule has 0 radical (unpaired) electrons. The molecule has 0 heterocycles. The van der Waals surface area contributed by atoms with Crippen molar-refractivity contribution in [2.45, 2.75) is 39.5 Å². The van der Waals surface area contributed by atoms with Crippen LogP contribution in [-0.4, -0.2) is 25.3 Å². The predicted octanol–water partition coefficient (Wildman–Crippen LogP) is 2.45. The Morgan fingerprint density at radius 3 is 2.18 bits per heavy atom. The molecule has 0 bridgehead atoms. The zero-order valence-corrected chi connectivity index (χ0v) is 8.10. The Labute approximate surface area is 70.5 Å². The zero-order valence-electron chi connectivity index (χ0n) is 8.10. The summed E-state index contributed by atoms with van der Waals surface area (Å²) in [5, 5.41) is 2.04. The summed E-state index contributed by atoms with van der Waals surface area (Å²) in [5.74, 6) is 0. The maximum Gasteiger partial charge on any atom is 0.0575 e. The number of hydrogen-bond acceptors (Lipinski definition) is 2. The van der Waals surface area contributed by atoms with Crippen molar-refractivity contribution < 1.29 is 4.84 Å². The summed E-state index contributed by atoms with van der Waals surface area (Å²) in [7, 11) is 1.75. The van der Waals surface area contributed by atoms with Gasteiger partial charge in [-0.2, -0.15) is 5.06 Å². The average Bonchev–Trinajstić information content (AvgIpc) is 2.03. The molecule has 0 unspecified atom stereocenters. The highest BCUT2D eigenvalue weighted by molar-refractivity contribution is 4.45. The smallest absolute Gasteiger partial charge is 0.0575 e. The van der Waals surface area contributed by atoms with Crippen molar-refractivity contribution in [3.63, 3.8) is 0 Å². The van der Waals surface area contributed by atoms with Gasteiger partial charge >= 0.3 is 0 Å². The third-order valence-corrected chi connectivity index (χ3v) is 1.74. The van der Waals surface area contributed by atoms with Crippen molar-refractivity contribution in [2.75, 3.05) is 20.2 Å². The summed E-state index contributed by atoms with van der Waals surface area (Å²) in [4.78, 5) is 5.17. The van der Waals surface area contributed by atoms with E-state index in [0.29, 0.717) is 0 Å². The van der Waals surface area contributed by atoms with E-state index in [0.717, 1.165) is 13.1 Å². The Kier molecular flexibility index (Phi) is 7.96. The first-order valence-corrected chi connectivity index (χ1v) is 4.64. The molecule has 0 N–H and O–H groups in total. The Bertz CT molecular complexity index is 76.0. The highest BCUT2D eigenvalue weighted by Gasteiger charge is 1.99. The zero-order chi connectivity index (χ0) is 8.53. The fraction of sp³-hybridized carbons (Fsp3) is 1.00. The number of rotatable bonds is 7. The van der Waals surface area contributed by atoms with Crippen LogP contribution in [-0.2, 0) is 4.84 Å². The first-order chi connectivity index (χ1) is 5.35. The summed E-state index contributed by atoms with van der Waals surface area (Å²) in [6.45, 7) is 6.53. The molecule has 0 fully saturated rings. The minimum Gasteiger partial charge on any atom is -0.302 e. The molecule has 0 saturated carbocycles. The molecule has 11 heavy (non-hydrogen) atoms. The van der Waals surface area contributed by atoms with Crippen LogP contribution in [0.2, 0.25) is 0 Å². The van der Waals surface area contributed by atoms with Gasteiger partial charge in [0.2, 0.25) is 0 Å². The van der Waals surface area contributed by atoms with E-state index in [1.807, 2.05) is 5.06 Å². The fourth-order valence-corrected chi connectivity index (χ4v) is 1.08. The van der Waals surface area contributed by atoms with E-state index in [4.69, 9.17) is 4.84 Å². The maximum atomic E-state index is 5.17. The largest absolute Gasteiger partial charge is 0.302 e. The molecule has 0 atom stereocenters. The standard InChI is InChI=1S/C9H21NO/c1-4-6-7-9-10(11-3)8-5-2/h4-9H2,1-3H3. The van der Waals surface area contributed by atoms with E-state index in [-0.39, 0.29) is 0 Å². The minimum absolute atomic E-state index is 1.06. The topological polar surface area (TPSA) is 12.5 Å². The van der Waals surface area contributed by atoms with Crippen molar-refractivity contribution in [2.24, 2.45) is 0 Å². The molecule has 2 nitrogen and oxygen atoms in total. The van der Waals surface area contributed by atoms with Crippen molar-refractivity contribution in [1.29, 1.82) is 0 Å². The van der Waals surface area contributed by atoms with Gasteiger partial charge in [-0.1, -0.05) is 26.7 Å². The molecule has 0 amide bonds. The van der Waals surface area contributed by atoms with E-state index in [2.05, 4.69) is 13.8 Å². The van der Waals surface area contributed by atoms with Crippen LogP contribution in [0.4, 0.5) is 0 Å². The molecular weight excluding hydrogens is 138 g/mol. The first-order valence-electron chi connectivity index (χ1n) is 4.64. The van der Waals surface area contributed by atoms with Gasteiger partial charge in [0.25, 0.3) is 0 Å². The Balaban J connectivity index is 3.20. The normalized spacial score (nSPS) is 10.9. The molecule has 0 aromatic carbocycles. The van der Waals surface area contributed by atoms with Gasteiger partial charge in [0.15, 0.2) is 0 Å². The van der Waals surface area contributed by atoms with Gasteiger partial charge in [-0.25, -0.2) is 0 Å². The van der Waals surface area contributed by atoms with Gasteiger partial charge < -0.3 is 4.84 Å². The molecule has 0 saturated heterocycles. The van der Waals surface area contributed by atoms with Crippen molar-refractivity contribution in [1.82, 2.24) is 5.06 Å². The second-order valence-corrected chi connectivity index (χ2v) is 2.82. The monoisotopic (exact) mass is 159 g/mol. The van der Waals surface area contributed by atoms with E-state index >= 15 is 0 Å². The molecule has 0 aliphatic heterocycles. The van der Waals surface area contributed by atoms with Gasteiger partial charge in [0, 0.05) is 13.1 Å². The Morgan fingerprint density at radius 2 is 1.73 bits per heavy atom. The van der Waals surface area contributed by atoms with Crippen LogP contribution in [0.25, 0.3) is 0 Å². The molecule has 0 aromatic rings. The van der Waals surface area contributed by atoms with Gasteiger partial charge in [-0.05, 0) is 12.8 Å². The minimum atomic E-state index is 1.06. The van der Waals surface area contributed by atoms with Crippen LogP contribution in [0.15, 0.2) is 0 Å². The van der Waals surface area contributed by atoms with Gasteiger partial charge in [-0.3, -0.25) is 0 Å². The summed E-state index contributed by atoms with van der Waals surface area (Å²) in [6, 6.07) is 0. The number of nitrogens with zero attached hydrogens (tertiary/aromatic N) is 1. The highest BCUT2D eigenvalue weighted by atomic mass is 16.7. The van der Waals surface area contributed by atoms with Crippen LogP contribution in [0.3, 0.4) is 0 Å². The van der Waals surface area contributed by atoms with E-state index < -0.39 is 0 Å². The van der Waals surface area contributed by atoms with Crippen LogP contribution < -0.4 is 0 Å². The molecule has 0 spiro atoms. The molecule has 0 aliphatic carbocycles. The van der Waals surface area contributed by atoms with E-state index in [9.17, 15) is 0 Å². The van der Waals surface area contributed by atoms with E-state index in [1.54, 1.807) is 7.11 Å². The lowest BCUT2D eigenvalue weighted by Crippen LogP contribution is -2.24. The Hall–Kier alpha value is -0.0800. The third-order valence-electron chi connectivity index (χ3n) is 1.74. The van der Waals surface area contributed by atoms with Gasteiger partial charge in [0.1, 0.15) is 0 Å². The highest BCUT2D eigenvalue weighted by Crippen LogP contribution is 1.98. The van der Waals surface area contributed by atoms with Crippen LogP contribution in [0.1, 0.15) is 39.5 Å². The number of unbranched alkanes of at least 4 members (excludes halogenated alkanes) is 2. The number of hydrogen-bond donors (Lipinski definition) is 0. The lowest BCUT2D eigenvalue weighted by molar-refractivity contribution is -0.131.